The molecular weight excluding hydrogens is 398 g/mol. The number of hydrogen-bond donors (Lipinski definition) is 3. The number of carbonyl (C=O) groups excluding carboxylic acids is 3. The van der Waals surface area contributed by atoms with Crippen LogP contribution in [0.1, 0.15) is 66.2 Å². The highest BCUT2D eigenvalue weighted by Crippen LogP contribution is 2.65. The Hall–Kier alpha value is -1.67. The third-order valence-corrected chi connectivity index (χ3v) is 7.53. The normalized spacial score (nSPS) is 36.0. The molecule has 3 heterocycles. The first-order valence-corrected chi connectivity index (χ1v) is 11.9. The van der Waals surface area contributed by atoms with E-state index in [4.69, 9.17) is 4.74 Å². The Balaban J connectivity index is 1.96. The molecule has 3 rings (SSSR count). The smallest absolute Gasteiger partial charge is 0.245 e. The van der Waals surface area contributed by atoms with Crippen molar-refractivity contribution >= 4 is 17.7 Å². The summed E-state index contributed by atoms with van der Waals surface area (Å²) < 4.78 is 6.61. The lowest BCUT2D eigenvalue weighted by molar-refractivity contribution is -0.147. The van der Waals surface area contributed by atoms with E-state index >= 15 is 0 Å². The van der Waals surface area contributed by atoms with Crippen LogP contribution in [-0.4, -0.2) is 71.2 Å². The van der Waals surface area contributed by atoms with E-state index < -0.39 is 29.1 Å². The average Bonchev–Trinajstić information content (AvgIpc) is 3.24. The number of amides is 3. The van der Waals surface area contributed by atoms with Gasteiger partial charge in [0.15, 0.2) is 0 Å². The molecule has 3 N–H and O–H groups in total. The zero-order chi connectivity index (χ0) is 22.8. The first-order valence-electron chi connectivity index (χ1n) is 11.9. The number of aliphatic hydroxyl groups is 1. The van der Waals surface area contributed by atoms with Crippen molar-refractivity contribution in [3.05, 3.63) is 0 Å². The van der Waals surface area contributed by atoms with Gasteiger partial charge >= 0.3 is 0 Å². The van der Waals surface area contributed by atoms with E-state index in [-0.39, 0.29) is 30.2 Å². The van der Waals surface area contributed by atoms with Crippen molar-refractivity contribution in [2.24, 2.45) is 17.8 Å². The second-order valence-electron chi connectivity index (χ2n) is 9.60. The van der Waals surface area contributed by atoms with E-state index in [2.05, 4.69) is 24.5 Å². The van der Waals surface area contributed by atoms with Crippen molar-refractivity contribution in [1.82, 2.24) is 15.5 Å². The molecule has 1 spiro atoms. The van der Waals surface area contributed by atoms with Gasteiger partial charge in [-0.1, -0.05) is 27.2 Å². The van der Waals surface area contributed by atoms with E-state index in [9.17, 15) is 19.5 Å². The number of ether oxygens (including phenoxy) is 1. The Morgan fingerprint density at radius 2 is 1.84 bits per heavy atom. The number of likely N-dealkylation sites (tertiary alicyclic amines) is 1. The van der Waals surface area contributed by atoms with E-state index in [0.717, 1.165) is 19.3 Å². The Labute approximate surface area is 185 Å². The summed E-state index contributed by atoms with van der Waals surface area (Å²) in [6.45, 7) is 9.55. The van der Waals surface area contributed by atoms with Crippen LogP contribution in [0.15, 0.2) is 0 Å². The molecule has 3 amide bonds. The molecule has 176 valence electrons. The number of unbranched alkanes of at least 4 members (excludes halogenated alkanes) is 2. The minimum Gasteiger partial charge on any atom is -0.396 e. The molecule has 0 aliphatic carbocycles. The fraction of sp³-hybridized carbons (Fsp3) is 0.870. The molecule has 3 aliphatic rings. The fourth-order valence-corrected chi connectivity index (χ4v) is 5.92. The summed E-state index contributed by atoms with van der Waals surface area (Å²) in [5.74, 6) is -1.72. The highest BCUT2D eigenvalue weighted by molar-refractivity contribution is 5.99. The Morgan fingerprint density at radius 3 is 2.48 bits per heavy atom. The monoisotopic (exact) mass is 437 g/mol. The van der Waals surface area contributed by atoms with Gasteiger partial charge in [0.25, 0.3) is 0 Å². The van der Waals surface area contributed by atoms with Gasteiger partial charge in [0, 0.05) is 26.2 Å². The maximum Gasteiger partial charge on any atom is 0.245 e. The third-order valence-electron chi connectivity index (χ3n) is 7.53. The fourth-order valence-electron chi connectivity index (χ4n) is 5.92. The molecule has 3 saturated heterocycles. The molecule has 8 heteroatoms. The van der Waals surface area contributed by atoms with Gasteiger partial charge in [0.1, 0.15) is 11.6 Å². The van der Waals surface area contributed by atoms with Gasteiger partial charge in [-0.3, -0.25) is 14.4 Å². The number of rotatable bonds is 11. The second kappa shape index (κ2) is 9.45. The summed E-state index contributed by atoms with van der Waals surface area (Å²) in [6.07, 6.45) is 4.38. The molecule has 3 aliphatic heterocycles. The number of fused-ring (bicyclic) bond motifs is 1. The van der Waals surface area contributed by atoms with Crippen molar-refractivity contribution in [3.63, 3.8) is 0 Å². The van der Waals surface area contributed by atoms with E-state index in [1.807, 2.05) is 13.8 Å². The maximum absolute atomic E-state index is 13.7. The molecule has 0 radical (unpaired) electrons. The lowest BCUT2D eigenvalue weighted by atomic mass is 9.62. The van der Waals surface area contributed by atoms with Gasteiger partial charge in [-0.25, -0.2) is 0 Å². The molecule has 0 aromatic rings. The molecule has 0 aromatic heterocycles. The number of carbonyl (C=O) groups is 3. The van der Waals surface area contributed by atoms with Crippen molar-refractivity contribution in [1.29, 1.82) is 0 Å². The SMILES string of the molecule is CCCCNC(=O)C1N(CCCCO)C(=O)[C@@H]2[C@H](C(=O)NCCC)[C@@]3(C)OC12CC3C. The van der Waals surface area contributed by atoms with Gasteiger partial charge in [-0.2, -0.15) is 0 Å². The van der Waals surface area contributed by atoms with Crippen molar-refractivity contribution < 1.29 is 24.2 Å². The van der Waals surface area contributed by atoms with Crippen LogP contribution in [0.4, 0.5) is 0 Å². The van der Waals surface area contributed by atoms with Crippen molar-refractivity contribution in [2.45, 2.75) is 83.5 Å². The lowest BCUT2D eigenvalue weighted by Gasteiger charge is -2.36. The molecule has 6 atom stereocenters. The van der Waals surface area contributed by atoms with Crippen LogP contribution in [0.3, 0.4) is 0 Å². The summed E-state index contributed by atoms with van der Waals surface area (Å²) in [6, 6.07) is -0.742. The number of hydrogen-bond acceptors (Lipinski definition) is 5. The van der Waals surface area contributed by atoms with Gasteiger partial charge in [0.2, 0.25) is 17.7 Å². The highest BCUT2D eigenvalue weighted by Gasteiger charge is 2.79. The largest absolute Gasteiger partial charge is 0.396 e. The van der Waals surface area contributed by atoms with E-state index in [0.29, 0.717) is 38.9 Å². The van der Waals surface area contributed by atoms with Gasteiger partial charge in [-0.15, -0.1) is 0 Å². The van der Waals surface area contributed by atoms with Crippen LogP contribution < -0.4 is 10.6 Å². The van der Waals surface area contributed by atoms with Crippen LogP contribution in [0.2, 0.25) is 0 Å². The van der Waals surface area contributed by atoms with Crippen LogP contribution >= 0.6 is 0 Å². The van der Waals surface area contributed by atoms with E-state index in [1.54, 1.807) is 4.90 Å². The summed E-state index contributed by atoms with van der Waals surface area (Å²) in [4.78, 5) is 41.8. The van der Waals surface area contributed by atoms with Crippen molar-refractivity contribution in [3.8, 4) is 0 Å². The molecule has 0 saturated carbocycles. The van der Waals surface area contributed by atoms with Crippen molar-refractivity contribution in [2.75, 3.05) is 26.2 Å². The summed E-state index contributed by atoms with van der Waals surface area (Å²) in [7, 11) is 0. The topological polar surface area (TPSA) is 108 Å². The first-order chi connectivity index (χ1) is 14.8. The van der Waals surface area contributed by atoms with E-state index in [1.165, 1.54) is 0 Å². The molecule has 8 nitrogen and oxygen atoms in total. The predicted octanol–water partition coefficient (Wildman–Crippen LogP) is 1.21. The molecule has 0 aromatic carbocycles. The Morgan fingerprint density at radius 1 is 1.13 bits per heavy atom. The Kier molecular flexibility index (Phi) is 7.31. The first kappa shape index (κ1) is 24.0. The summed E-state index contributed by atoms with van der Waals surface area (Å²) in [5.41, 5.74) is -1.74. The van der Waals surface area contributed by atoms with Crippen LogP contribution in [0.25, 0.3) is 0 Å². The quantitative estimate of drug-likeness (QED) is 0.421. The number of aliphatic hydroxyl groups excluding tert-OH is 1. The standard InChI is InChI=1S/C23H39N3O5/c1-5-7-11-25-20(29)18-23-14-15(3)22(4,31-23)16(19(28)24-10-6-2)17(23)21(30)26(18)12-8-9-13-27/h15-18,27H,5-14H2,1-4H3,(H,24,28)(H,25,29)/t15?,16-,17+,18?,22+,23?/m1/s1. The minimum absolute atomic E-state index is 0.0393. The van der Waals surface area contributed by atoms with Gasteiger partial charge in [-0.05, 0) is 44.9 Å². The third kappa shape index (κ3) is 3.86. The lowest BCUT2D eigenvalue weighted by Crippen LogP contribution is -2.56. The Bertz CT molecular complexity index is 701. The predicted molar refractivity (Wildman–Crippen MR) is 116 cm³/mol. The minimum atomic E-state index is -0.977. The number of nitrogens with zero attached hydrogens (tertiary/aromatic N) is 1. The number of nitrogens with one attached hydrogen (secondary N) is 2. The molecular formula is C23H39N3O5. The molecule has 3 fully saturated rings. The zero-order valence-corrected chi connectivity index (χ0v) is 19.4. The summed E-state index contributed by atoms with van der Waals surface area (Å²) >= 11 is 0. The second-order valence-corrected chi connectivity index (χ2v) is 9.60. The maximum atomic E-state index is 13.7. The molecule has 31 heavy (non-hydrogen) atoms. The van der Waals surface area contributed by atoms with Gasteiger partial charge < -0.3 is 25.4 Å². The average molecular weight is 438 g/mol. The molecule has 3 unspecified atom stereocenters. The van der Waals surface area contributed by atoms with Crippen LogP contribution in [0, 0.1) is 17.8 Å². The zero-order valence-electron chi connectivity index (χ0n) is 19.4. The highest BCUT2D eigenvalue weighted by atomic mass is 16.5. The van der Waals surface area contributed by atoms with Gasteiger partial charge in [0.05, 0.1) is 17.4 Å². The molecule has 2 bridgehead atoms. The van der Waals surface area contributed by atoms with Crippen LogP contribution in [0.5, 0.6) is 0 Å². The summed E-state index contributed by atoms with van der Waals surface area (Å²) in [5, 5.41) is 15.2. The van der Waals surface area contributed by atoms with Crippen LogP contribution in [-0.2, 0) is 19.1 Å².